The molecule has 0 saturated carbocycles. The van der Waals surface area contributed by atoms with E-state index in [9.17, 15) is 32.3 Å². The van der Waals surface area contributed by atoms with Crippen LogP contribution >= 0.6 is 0 Å². The van der Waals surface area contributed by atoms with Gasteiger partial charge in [0.15, 0.2) is 11.6 Å². The number of halogens is 5. The van der Waals surface area contributed by atoms with Crippen LogP contribution in [0.25, 0.3) is 38.7 Å². The fraction of sp³-hybridized carbons (Fsp3) is 0.167. The Balaban J connectivity index is 1.90. The van der Waals surface area contributed by atoms with Gasteiger partial charge >= 0.3 is 12.1 Å². The SMILES string of the molecule is CNc1cc(F)c(F)c2c1[nH]c1ncc(-c3ccc4ncc(C(=O)O)c(=O)n4c3)c(N(C)CC(F)(F)F)c12. The summed E-state index contributed by atoms with van der Waals surface area (Å²) in [6.07, 6.45) is -1.32. The second-order valence-corrected chi connectivity index (χ2v) is 8.49. The second-order valence-electron chi connectivity index (χ2n) is 8.49. The van der Waals surface area contributed by atoms with Gasteiger partial charge in [0.25, 0.3) is 5.56 Å². The lowest BCUT2D eigenvalue weighted by Gasteiger charge is -2.25. The molecule has 0 fully saturated rings. The molecule has 0 unspecified atom stereocenters. The highest BCUT2D eigenvalue weighted by Gasteiger charge is 2.32. The smallest absolute Gasteiger partial charge is 0.405 e. The first kappa shape index (κ1) is 24.9. The molecule has 4 heterocycles. The van der Waals surface area contributed by atoms with E-state index in [-0.39, 0.29) is 50.1 Å². The summed E-state index contributed by atoms with van der Waals surface area (Å²) < 4.78 is 71.1. The zero-order chi connectivity index (χ0) is 27.5. The van der Waals surface area contributed by atoms with Gasteiger partial charge in [-0.05, 0) is 12.1 Å². The molecule has 0 radical (unpaired) electrons. The summed E-state index contributed by atoms with van der Waals surface area (Å²) in [5, 5.41) is 11.6. The average Bonchev–Trinajstić information content (AvgIpc) is 3.24. The molecule has 1 aromatic carbocycles. The van der Waals surface area contributed by atoms with Gasteiger partial charge in [-0.15, -0.1) is 0 Å². The molecule has 5 rings (SSSR count). The molecule has 0 atom stereocenters. The molecule has 5 aromatic rings. The highest BCUT2D eigenvalue weighted by atomic mass is 19.4. The molecule has 4 aromatic heterocycles. The first-order valence-corrected chi connectivity index (χ1v) is 10.9. The van der Waals surface area contributed by atoms with E-state index in [2.05, 4.69) is 20.3 Å². The Labute approximate surface area is 209 Å². The van der Waals surface area contributed by atoms with Crippen molar-refractivity contribution in [3.05, 3.63) is 64.3 Å². The van der Waals surface area contributed by atoms with Gasteiger partial charge in [0.05, 0.1) is 27.7 Å². The molecular weight excluding hydrogens is 515 g/mol. The minimum Gasteiger partial charge on any atom is -0.477 e. The van der Waals surface area contributed by atoms with Crippen molar-refractivity contribution >= 4 is 44.9 Å². The van der Waals surface area contributed by atoms with E-state index in [1.165, 1.54) is 31.6 Å². The van der Waals surface area contributed by atoms with E-state index in [0.717, 1.165) is 28.6 Å². The molecular formula is C24H17F5N6O3. The number of anilines is 2. The summed E-state index contributed by atoms with van der Waals surface area (Å²) >= 11 is 0. The normalized spacial score (nSPS) is 12.0. The zero-order valence-corrected chi connectivity index (χ0v) is 19.6. The number of carboxylic acids is 1. The van der Waals surface area contributed by atoms with Gasteiger partial charge in [-0.3, -0.25) is 9.20 Å². The average molecular weight is 532 g/mol. The monoisotopic (exact) mass is 532 g/mol. The number of carbonyl (C=O) groups is 1. The number of aromatic nitrogens is 4. The van der Waals surface area contributed by atoms with Crippen LogP contribution in [0, 0.1) is 11.6 Å². The highest BCUT2D eigenvalue weighted by molar-refractivity contribution is 6.18. The number of aromatic amines is 1. The summed E-state index contributed by atoms with van der Waals surface area (Å²) in [5.41, 5.74) is -1.12. The molecule has 3 N–H and O–H groups in total. The number of hydrogen-bond donors (Lipinski definition) is 3. The third kappa shape index (κ3) is 3.93. The van der Waals surface area contributed by atoms with E-state index < -0.39 is 41.4 Å². The number of carboxylic acid groups (broad SMARTS) is 1. The lowest BCUT2D eigenvalue weighted by Crippen LogP contribution is -2.31. The number of aromatic carboxylic acids is 1. The van der Waals surface area contributed by atoms with Crippen molar-refractivity contribution in [2.45, 2.75) is 6.18 Å². The lowest BCUT2D eigenvalue weighted by atomic mass is 10.0. The molecule has 0 aliphatic heterocycles. The molecule has 196 valence electrons. The Bertz CT molecular complexity index is 1830. The fourth-order valence-electron chi connectivity index (χ4n) is 4.48. The first-order chi connectivity index (χ1) is 17.9. The number of nitrogens with zero attached hydrogens (tertiary/aromatic N) is 4. The second kappa shape index (κ2) is 8.68. The van der Waals surface area contributed by atoms with E-state index in [0.29, 0.717) is 0 Å². The predicted molar refractivity (Wildman–Crippen MR) is 130 cm³/mol. The molecule has 38 heavy (non-hydrogen) atoms. The van der Waals surface area contributed by atoms with Gasteiger partial charge in [0.2, 0.25) is 0 Å². The van der Waals surface area contributed by atoms with Crippen LogP contribution in [0.1, 0.15) is 10.4 Å². The number of nitrogens with one attached hydrogen (secondary N) is 2. The maximum Gasteiger partial charge on any atom is 0.405 e. The number of hydrogen-bond acceptors (Lipinski definition) is 6. The maximum atomic E-state index is 15.2. The fourth-order valence-corrected chi connectivity index (χ4v) is 4.48. The van der Waals surface area contributed by atoms with Crippen molar-refractivity contribution in [2.75, 3.05) is 30.9 Å². The van der Waals surface area contributed by atoms with Crippen LogP contribution in [0.3, 0.4) is 0 Å². The topological polar surface area (TPSA) is 116 Å². The quantitative estimate of drug-likeness (QED) is 0.287. The minimum absolute atomic E-state index is 0.00145. The van der Waals surface area contributed by atoms with E-state index in [4.69, 9.17) is 0 Å². The molecule has 0 aliphatic rings. The van der Waals surface area contributed by atoms with E-state index in [1.54, 1.807) is 0 Å². The zero-order valence-electron chi connectivity index (χ0n) is 19.6. The molecule has 14 heteroatoms. The molecule has 0 saturated heterocycles. The number of pyridine rings is 2. The summed E-state index contributed by atoms with van der Waals surface area (Å²) in [6.45, 7) is -1.44. The summed E-state index contributed by atoms with van der Waals surface area (Å²) in [7, 11) is 2.61. The molecule has 0 aliphatic carbocycles. The predicted octanol–water partition coefficient (Wildman–Crippen LogP) is 4.41. The highest BCUT2D eigenvalue weighted by Crippen LogP contribution is 2.43. The van der Waals surface area contributed by atoms with Crippen LogP contribution in [0.5, 0.6) is 0 Å². The maximum absolute atomic E-state index is 15.2. The number of H-pyrrole nitrogens is 1. The largest absolute Gasteiger partial charge is 0.477 e. The van der Waals surface area contributed by atoms with Gasteiger partial charge in [-0.1, -0.05) is 0 Å². The minimum atomic E-state index is -4.66. The van der Waals surface area contributed by atoms with Crippen LogP contribution in [-0.4, -0.2) is 57.2 Å². The molecule has 0 amide bonds. The van der Waals surface area contributed by atoms with Crippen molar-refractivity contribution < 1.29 is 31.9 Å². The third-order valence-corrected chi connectivity index (χ3v) is 6.08. The molecule has 0 spiro atoms. The van der Waals surface area contributed by atoms with Crippen molar-refractivity contribution in [1.29, 1.82) is 0 Å². The van der Waals surface area contributed by atoms with Crippen LogP contribution < -0.4 is 15.8 Å². The van der Waals surface area contributed by atoms with Gasteiger partial charge in [0, 0.05) is 49.9 Å². The summed E-state index contributed by atoms with van der Waals surface area (Å²) in [4.78, 5) is 36.0. The van der Waals surface area contributed by atoms with Crippen molar-refractivity contribution in [2.24, 2.45) is 0 Å². The number of alkyl halides is 3. The Morgan fingerprint density at radius 3 is 2.58 bits per heavy atom. The Morgan fingerprint density at radius 2 is 1.92 bits per heavy atom. The number of benzene rings is 1. The van der Waals surface area contributed by atoms with Crippen LogP contribution in [0.15, 0.2) is 41.6 Å². The summed E-state index contributed by atoms with van der Waals surface area (Å²) in [5.74, 6) is -4.01. The van der Waals surface area contributed by atoms with Crippen molar-refractivity contribution in [1.82, 2.24) is 19.4 Å². The van der Waals surface area contributed by atoms with Gasteiger partial charge < -0.3 is 20.3 Å². The van der Waals surface area contributed by atoms with Crippen molar-refractivity contribution in [3.8, 4) is 11.1 Å². The Morgan fingerprint density at radius 1 is 1.18 bits per heavy atom. The Kier molecular flexibility index (Phi) is 5.69. The van der Waals surface area contributed by atoms with Crippen LogP contribution in [0.2, 0.25) is 0 Å². The van der Waals surface area contributed by atoms with Gasteiger partial charge in [-0.2, -0.15) is 13.2 Å². The first-order valence-electron chi connectivity index (χ1n) is 10.9. The summed E-state index contributed by atoms with van der Waals surface area (Å²) in [6, 6.07) is 3.73. The number of rotatable bonds is 5. The van der Waals surface area contributed by atoms with Crippen molar-refractivity contribution in [3.63, 3.8) is 0 Å². The van der Waals surface area contributed by atoms with Gasteiger partial charge in [0.1, 0.15) is 23.4 Å². The van der Waals surface area contributed by atoms with Crippen LogP contribution in [0.4, 0.5) is 33.3 Å². The molecule has 9 nitrogen and oxygen atoms in total. The Hall–Kier alpha value is -4.75. The van der Waals surface area contributed by atoms with Gasteiger partial charge in [-0.25, -0.2) is 23.5 Å². The number of fused-ring (bicyclic) bond motifs is 4. The molecule has 0 bridgehead atoms. The third-order valence-electron chi connectivity index (χ3n) is 6.08. The van der Waals surface area contributed by atoms with Crippen LogP contribution in [-0.2, 0) is 0 Å². The van der Waals surface area contributed by atoms with E-state index in [1.807, 2.05) is 0 Å². The lowest BCUT2D eigenvalue weighted by molar-refractivity contribution is -0.119. The van der Waals surface area contributed by atoms with E-state index >= 15 is 4.39 Å². The standard InChI is InChI=1S/C24H17F5N6O3/c1-30-14-5-13(25)18(26)16-17-20(34(2)9-24(27,28)29)11(6-32-21(17)33-19(14)16)10-3-4-15-31-7-12(23(37)38)22(36)35(15)8-10/h3-8,30H,9H2,1-2H3,(H,32,33)(H,37,38).